The standard InChI is InChI=1S/C20H15ClN2O3/c21-15-11-17-18(26-10-9-25-17)12-16(15)23-19(24)7-6-14-4-1-3-13-5-2-8-22-20(13)14/h1-8,11-12H,9-10H2,(H,23,24)/b7-6+. The molecule has 6 heteroatoms. The molecular formula is C20H15ClN2O3. The summed E-state index contributed by atoms with van der Waals surface area (Å²) >= 11 is 6.22. The molecule has 3 aromatic rings. The van der Waals surface area contributed by atoms with E-state index < -0.39 is 0 Å². The van der Waals surface area contributed by atoms with Gasteiger partial charge >= 0.3 is 0 Å². The Morgan fingerprint density at radius 2 is 1.88 bits per heavy atom. The summed E-state index contributed by atoms with van der Waals surface area (Å²) in [6.45, 7) is 0.951. The lowest BCUT2D eigenvalue weighted by atomic mass is 10.1. The van der Waals surface area contributed by atoms with Gasteiger partial charge in [-0.05, 0) is 12.1 Å². The predicted octanol–water partition coefficient (Wildman–Crippen LogP) is 4.31. The number of nitrogens with one attached hydrogen (secondary N) is 1. The number of para-hydroxylation sites is 1. The molecule has 1 N–H and O–H groups in total. The Balaban J connectivity index is 1.54. The van der Waals surface area contributed by atoms with Gasteiger partial charge < -0.3 is 14.8 Å². The average Bonchev–Trinajstić information content (AvgIpc) is 2.67. The lowest BCUT2D eigenvalue weighted by Gasteiger charge is -2.19. The molecule has 1 amide bonds. The largest absolute Gasteiger partial charge is 0.486 e. The maximum atomic E-state index is 12.3. The van der Waals surface area contributed by atoms with Crippen LogP contribution in [0.4, 0.5) is 5.69 Å². The van der Waals surface area contributed by atoms with Crippen molar-refractivity contribution < 1.29 is 14.3 Å². The van der Waals surface area contributed by atoms with E-state index in [1.807, 2.05) is 30.3 Å². The summed E-state index contributed by atoms with van der Waals surface area (Å²) in [5.74, 6) is 0.853. The highest BCUT2D eigenvalue weighted by atomic mass is 35.5. The molecule has 1 aromatic heterocycles. The first-order valence-corrected chi connectivity index (χ1v) is 8.50. The lowest BCUT2D eigenvalue weighted by molar-refractivity contribution is -0.111. The fourth-order valence-corrected chi connectivity index (χ4v) is 2.96. The van der Waals surface area contributed by atoms with Gasteiger partial charge in [0.05, 0.1) is 16.2 Å². The van der Waals surface area contributed by atoms with E-state index in [9.17, 15) is 4.79 Å². The first kappa shape index (κ1) is 16.4. The monoisotopic (exact) mass is 366 g/mol. The minimum Gasteiger partial charge on any atom is -0.486 e. The Kier molecular flexibility index (Phi) is 4.46. The minimum absolute atomic E-state index is 0.295. The number of aromatic nitrogens is 1. The van der Waals surface area contributed by atoms with Crippen molar-refractivity contribution >= 4 is 40.2 Å². The third kappa shape index (κ3) is 3.34. The van der Waals surface area contributed by atoms with E-state index in [2.05, 4.69) is 10.3 Å². The molecule has 0 fully saturated rings. The highest BCUT2D eigenvalue weighted by Gasteiger charge is 2.15. The van der Waals surface area contributed by atoms with Crippen LogP contribution in [0.1, 0.15) is 5.56 Å². The van der Waals surface area contributed by atoms with Crippen LogP contribution in [0.2, 0.25) is 5.02 Å². The highest BCUT2D eigenvalue weighted by molar-refractivity contribution is 6.34. The summed E-state index contributed by atoms with van der Waals surface area (Å²) in [5, 5.41) is 4.17. The van der Waals surface area contributed by atoms with Crippen LogP contribution in [0.25, 0.3) is 17.0 Å². The smallest absolute Gasteiger partial charge is 0.248 e. The van der Waals surface area contributed by atoms with Crippen molar-refractivity contribution in [3.63, 3.8) is 0 Å². The Morgan fingerprint density at radius 3 is 2.73 bits per heavy atom. The van der Waals surface area contributed by atoms with E-state index in [1.165, 1.54) is 6.08 Å². The summed E-state index contributed by atoms with van der Waals surface area (Å²) in [4.78, 5) is 16.7. The number of ether oxygens (including phenoxy) is 2. The van der Waals surface area contributed by atoms with Gasteiger partial charge in [0, 0.05) is 35.4 Å². The first-order valence-electron chi connectivity index (χ1n) is 8.13. The molecule has 26 heavy (non-hydrogen) atoms. The number of fused-ring (bicyclic) bond motifs is 2. The van der Waals surface area contributed by atoms with Crippen molar-refractivity contribution in [2.75, 3.05) is 18.5 Å². The fraction of sp³-hybridized carbons (Fsp3) is 0.100. The first-order chi connectivity index (χ1) is 12.7. The number of carbonyl (C=O) groups is 1. The van der Waals surface area contributed by atoms with Crippen molar-refractivity contribution in [3.05, 3.63) is 65.3 Å². The molecule has 0 bridgehead atoms. The molecule has 0 radical (unpaired) electrons. The van der Waals surface area contributed by atoms with Gasteiger partial charge in [-0.15, -0.1) is 0 Å². The Morgan fingerprint density at radius 1 is 1.12 bits per heavy atom. The molecule has 0 atom stereocenters. The number of nitrogens with zero attached hydrogens (tertiary/aromatic N) is 1. The predicted molar refractivity (Wildman–Crippen MR) is 102 cm³/mol. The molecular weight excluding hydrogens is 352 g/mol. The molecule has 0 aliphatic carbocycles. The zero-order valence-corrected chi connectivity index (χ0v) is 14.5. The number of hydrogen-bond acceptors (Lipinski definition) is 4. The molecule has 0 saturated carbocycles. The van der Waals surface area contributed by atoms with E-state index >= 15 is 0 Å². The number of amides is 1. The molecule has 0 unspecified atom stereocenters. The van der Waals surface area contributed by atoms with Gasteiger partial charge in [0.25, 0.3) is 0 Å². The van der Waals surface area contributed by atoms with Crippen LogP contribution in [-0.2, 0) is 4.79 Å². The van der Waals surface area contributed by atoms with Gasteiger partial charge in [-0.2, -0.15) is 0 Å². The van der Waals surface area contributed by atoms with Crippen molar-refractivity contribution in [2.45, 2.75) is 0 Å². The minimum atomic E-state index is -0.295. The molecule has 5 nitrogen and oxygen atoms in total. The van der Waals surface area contributed by atoms with Crippen LogP contribution < -0.4 is 14.8 Å². The Bertz CT molecular complexity index is 1010. The van der Waals surface area contributed by atoms with E-state index in [4.69, 9.17) is 21.1 Å². The van der Waals surface area contributed by atoms with Gasteiger partial charge in [0.1, 0.15) is 13.2 Å². The third-order valence-electron chi connectivity index (χ3n) is 3.97. The number of halogens is 1. The molecule has 130 valence electrons. The number of carbonyl (C=O) groups excluding carboxylic acids is 1. The number of anilines is 1. The van der Waals surface area contributed by atoms with Gasteiger partial charge in [0.2, 0.25) is 5.91 Å². The molecule has 1 aliphatic rings. The zero-order valence-electron chi connectivity index (χ0n) is 13.7. The van der Waals surface area contributed by atoms with E-state index in [1.54, 1.807) is 24.4 Å². The number of hydrogen-bond donors (Lipinski definition) is 1. The summed E-state index contributed by atoms with van der Waals surface area (Å²) in [6.07, 6.45) is 4.92. The van der Waals surface area contributed by atoms with Gasteiger partial charge in [0.15, 0.2) is 11.5 Å². The van der Waals surface area contributed by atoms with Crippen molar-refractivity contribution in [2.24, 2.45) is 0 Å². The third-order valence-corrected chi connectivity index (χ3v) is 4.28. The molecule has 2 heterocycles. The molecule has 0 saturated heterocycles. The van der Waals surface area contributed by atoms with Crippen LogP contribution in [-0.4, -0.2) is 24.1 Å². The van der Waals surface area contributed by atoms with Gasteiger partial charge in [-0.1, -0.05) is 35.9 Å². The SMILES string of the molecule is O=C(/C=C/c1cccc2cccnc12)Nc1cc2c(cc1Cl)OCCO2. The second kappa shape index (κ2) is 7.06. The van der Waals surface area contributed by atoms with Crippen molar-refractivity contribution in [1.82, 2.24) is 4.98 Å². The summed E-state index contributed by atoms with van der Waals surface area (Å²) in [5.41, 5.74) is 2.18. The number of pyridine rings is 1. The van der Waals surface area contributed by atoms with Crippen LogP contribution in [0.3, 0.4) is 0 Å². The topological polar surface area (TPSA) is 60.5 Å². The molecule has 0 spiro atoms. The average molecular weight is 367 g/mol. The van der Waals surface area contributed by atoms with Crippen molar-refractivity contribution in [3.8, 4) is 11.5 Å². The second-order valence-corrected chi connectivity index (χ2v) is 6.13. The van der Waals surface area contributed by atoms with E-state index in [0.29, 0.717) is 35.4 Å². The second-order valence-electron chi connectivity index (χ2n) is 5.72. The van der Waals surface area contributed by atoms with Crippen LogP contribution in [0.15, 0.2) is 54.7 Å². The van der Waals surface area contributed by atoms with Gasteiger partial charge in [-0.3, -0.25) is 9.78 Å². The highest BCUT2D eigenvalue weighted by Crippen LogP contribution is 2.37. The zero-order chi connectivity index (χ0) is 17.9. The van der Waals surface area contributed by atoms with Gasteiger partial charge in [-0.25, -0.2) is 0 Å². The van der Waals surface area contributed by atoms with Crippen molar-refractivity contribution in [1.29, 1.82) is 0 Å². The maximum absolute atomic E-state index is 12.3. The van der Waals surface area contributed by atoms with Crippen LogP contribution >= 0.6 is 11.6 Å². The molecule has 4 rings (SSSR count). The van der Waals surface area contributed by atoms with Crippen LogP contribution in [0.5, 0.6) is 11.5 Å². The fourth-order valence-electron chi connectivity index (χ4n) is 2.76. The number of rotatable bonds is 3. The Labute approximate surface area is 155 Å². The maximum Gasteiger partial charge on any atom is 0.248 e. The van der Waals surface area contributed by atoms with Crippen LogP contribution in [0, 0.1) is 0 Å². The molecule has 1 aliphatic heterocycles. The normalized spacial score (nSPS) is 13.1. The number of benzene rings is 2. The summed E-state index contributed by atoms with van der Waals surface area (Å²) in [7, 11) is 0. The van der Waals surface area contributed by atoms with E-state index in [-0.39, 0.29) is 5.91 Å². The van der Waals surface area contributed by atoms with E-state index in [0.717, 1.165) is 16.5 Å². The molecule has 2 aromatic carbocycles. The summed E-state index contributed by atoms with van der Waals surface area (Å²) in [6, 6.07) is 13.0. The Hall–Kier alpha value is -3.05. The quantitative estimate of drug-likeness (QED) is 0.701. The lowest BCUT2D eigenvalue weighted by Crippen LogP contribution is -2.16. The summed E-state index contributed by atoms with van der Waals surface area (Å²) < 4.78 is 11.0.